The molecule has 1 aliphatic rings. The van der Waals surface area contributed by atoms with Gasteiger partial charge in [0.2, 0.25) is 0 Å². The molecule has 1 unspecified atom stereocenters. The highest BCUT2D eigenvalue weighted by Crippen LogP contribution is 2.48. The first-order valence-electron chi connectivity index (χ1n) is 6.56. The van der Waals surface area contributed by atoms with Gasteiger partial charge in [-0.1, -0.05) is 13.0 Å². The molecule has 1 aliphatic heterocycles. The Balaban J connectivity index is 3.10. The molecule has 19 heavy (non-hydrogen) atoms. The molecule has 4 nitrogen and oxygen atoms in total. The summed E-state index contributed by atoms with van der Waals surface area (Å²) in [5, 5.41) is 8.25. The molecule has 1 fully saturated rings. The van der Waals surface area contributed by atoms with E-state index >= 15 is 0 Å². The van der Waals surface area contributed by atoms with Crippen LogP contribution in [0.5, 0.6) is 0 Å². The van der Waals surface area contributed by atoms with Crippen molar-refractivity contribution in [3.8, 4) is 6.07 Å². The van der Waals surface area contributed by atoms with E-state index in [1.54, 1.807) is 7.11 Å². The Morgan fingerprint density at radius 2 is 1.74 bits per heavy atom. The van der Waals surface area contributed by atoms with E-state index in [4.69, 9.17) is 19.3 Å². The second-order valence-corrected chi connectivity index (χ2v) is 6.29. The zero-order valence-electron chi connectivity index (χ0n) is 13.0. The highest BCUT2D eigenvalue weighted by atomic mass is 16.7. The van der Waals surface area contributed by atoms with Crippen molar-refractivity contribution in [2.75, 3.05) is 7.11 Å². The van der Waals surface area contributed by atoms with Crippen LogP contribution in [0.25, 0.3) is 0 Å². The molecule has 106 valence electrons. The maximum Gasteiger partial charge on any atom is 0.470 e. The van der Waals surface area contributed by atoms with E-state index in [0.717, 1.165) is 0 Å². The average Bonchev–Trinajstić information content (AvgIpc) is 2.54. The van der Waals surface area contributed by atoms with Crippen LogP contribution in [0.2, 0.25) is 5.31 Å². The first-order valence-corrected chi connectivity index (χ1v) is 6.56. The lowest BCUT2D eigenvalue weighted by molar-refractivity contribution is 0.00578. The van der Waals surface area contributed by atoms with Gasteiger partial charge in [-0.3, -0.25) is 0 Å². The number of methoxy groups -OCH3 is 1. The SMILES string of the molecule is COC(C)[C@@](C)(/C=C/C#N)B1OC(C)(C)C(C)(C)O1. The summed E-state index contributed by atoms with van der Waals surface area (Å²) in [6.45, 7) is 12.0. The Labute approximate surface area is 116 Å². The van der Waals surface area contributed by atoms with Crippen LogP contribution >= 0.6 is 0 Å². The fraction of sp³-hybridized carbons (Fsp3) is 0.786. The number of allylic oxidation sites excluding steroid dienone is 1. The summed E-state index contributed by atoms with van der Waals surface area (Å²) in [6, 6.07) is 2.02. The summed E-state index contributed by atoms with van der Waals surface area (Å²) in [6.07, 6.45) is 3.14. The molecule has 0 N–H and O–H groups in total. The van der Waals surface area contributed by atoms with Gasteiger partial charge in [0.15, 0.2) is 0 Å². The van der Waals surface area contributed by atoms with E-state index in [9.17, 15) is 0 Å². The second kappa shape index (κ2) is 5.28. The van der Waals surface area contributed by atoms with Crippen LogP contribution < -0.4 is 0 Å². The smallest absolute Gasteiger partial charge is 0.403 e. The molecule has 0 aromatic heterocycles. The zero-order chi connectivity index (χ0) is 14.9. The molecule has 5 heteroatoms. The minimum atomic E-state index is -0.518. The predicted octanol–water partition coefficient (Wildman–Crippen LogP) is 2.95. The molecular weight excluding hydrogens is 241 g/mol. The van der Waals surface area contributed by atoms with Crippen LogP contribution in [0, 0.1) is 11.3 Å². The van der Waals surface area contributed by atoms with Crippen LogP contribution in [0.1, 0.15) is 41.5 Å². The molecule has 0 aliphatic carbocycles. The van der Waals surface area contributed by atoms with E-state index in [1.165, 1.54) is 6.08 Å². The standard InChI is InChI=1S/C14H24BNO3/c1-11(17-7)14(6,9-8-10-16)15-18-12(2,3)13(4,5)19-15/h8-9,11H,1-7H3/b9-8+/t11?,14-/m1/s1. The van der Waals surface area contributed by atoms with Crippen LogP contribution in [0.3, 0.4) is 0 Å². The Kier molecular flexibility index (Phi) is 4.51. The number of nitrogens with zero attached hydrogens (tertiary/aromatic N) is 1. The Hall–Kier alpha value is -0.825. The molecule has 0 spiro atoms. The number of hydrogen-bond donors (Lipinski definition) is 0. The lowest BCUT2D eigenvalue weighted by Gasteiger charge is -2.33. The van der Waals surface area contributed by atoms with Crippen LogP contribution in [-0.2, 0) is 14.0 Å². The summed E-state index contributed by atoms with van der Waals surface area (Å²) < 4.78 is 17.6. The largest absolute Gasteiger partial charge is 0.470 e. The molecule has 0 aromatic rings. The van der Waals surface area contributed by atoms with E-state index in [2.05, 4.69) is 0 Å². The van der Waals surface area contributed by atoms with Crippen molar-refractivity contribution >= 4 is 7.12 Å². The first-order chi connectivity index (χ1) is 8.60. The molecule has 1 rings (SSSR count). The van der Waals surface area contributed by atoms with Gasteiger partial charge in [-0.05, 0) is 34.6 Å². The van der Waals surface area contributed by atoms with Gasteiger partial charge in [-0.2, -0.15) is 5.26 Å². The van der Waals surface area contributed by atoms with Gasteiger partial charge in [0.1, 0.15) is 0 Å². The predicted molar refractivity (Wildman–Crippen MR) is 75.7 cm³/mol. The Morgan fingerprint density at radius 3 is 2.11 bits per heavy atom. The lowest BCUT2D eigenvalue weighted by Crippen LogP contribution is -2.41. The van der Waals surface area contributed by atoms with Gasteiger partial charge in [-0.15, -0.1) is 0 Å². The molecule has 0 amide bonds. The minimum absolute atomic E-state index is 0.133. The molecule has 1 heterocycles. The fourth-order valence-corrected chi connectivity index (χ4v) is 1.97. The van der Waals surface area contributed by atoms with Gasteiger partial charge in [-0.25, -0.2) is 0 Å². The van der Waals surface area contributed by atoms with Gasteiger partial charge < -0.3 is 14.0 Å². The van der Waals surface area contributed by atoms with Crippen molar-refractivity contribution in [1.82, 2.24) is 0 Å². The van der Waals surface area contributed by atoms with Gasteiger partial charge in [0.05, 0.1) is 23.4 Å². The van der Waals surface area contributed by atoms with E-state index in [1.807, 2.05) is 53.7 Å². The lowest BCUT2D eigenvalue weighted by atomic mass is 9.55. The first kappa shape index (κ1) is 16.2. The third-order valence-corrected chi connectivity index (χ3v) is 4.51. The van der Waals surface area contributed by atoms with Gasteiger partial charge in [0.25, 0.3) is 0 Å². The van der Waals surface area contributed by atoms with Crippen molar-refractivity contribution < 1.29 is 14.0 Å². The molecule has 0 saturated carbocycles. The number of hydrogen-bond acceptors (Lipinski definition) is 4. The summed E-state index contributed by atoms with van der Waals surface area (Å²) in [5.41, 5.74) is -0.792. The molecule has 0 bridgehead atoms. The Morgan fingerprint density at radius 1 is 1.26 bits per heavy atom. The summed E-state index contributed by atoms with van der Waals surface area (Å²) in [4.78, 5) is 0. The minimum Gasteiger partial charge on any atom is -0.403 e. The molecule has 0 aromatic carbocycles. The highest BCUT2D eigenvalue weighted by molar-refractivity contribution is 6.50. The van der Waals surface area contributed by atoms with Crippen molar-refractivity contribution in [2.45, 2.75) is 64.2 Å². The fourth-order valence-electron chi connectivity index (χ4n) is 1.97. The Bertz CT molecular complexity index is 384. The zero-order valence-corrected chi connectivity index (χ0v) is 13.0. The monoisotopic (exact) mass is 265 g/mol. The third-order valence-electron chi connectivity index (χ3n) is 4.51. The van der Waals surface area contributed by atoms with Crippen molar-refractivity contribution in [2.24, 2.45) is 0 Å². The highest BCUT2D eigenvalue weighted by Gasteiger charge is 2.58. The molecule has 1 saturated heterocycles. The van der Waals surface area contributed by atoms with Crippen LogP contribution in [0.4, 0.5) is 0 Å². The maximum atomic E-state index is 8.77. The second-order valence-electron chi connectivity index (χ2n) is 6.29. The van der Waals surface area contributed by atoms with Crippen molar-refractivity contribution in [1.29, 1.82) is 5.26 Å². The molecular formula is C14H24BNO3. The number of rotatable bonds is 4. The normalized spacial score (nSPS) is 26.1. The van der Waals surface area contributed by atoms with Crippen molar-refractivity contribution in [3.63, 3.8) is 0 Å². The average molecular weight is 265 g/mol. The summed E-state index contributed by atoms with van der Waals surface area (Å²) in [5.74, 6) is 0. The maximum absolute atomic E-state index is 8.77. The van der Waals surface area contributed by atoms with Gasteiger partial charge in [0, 0.05) is 18.5 Å². The summed E-state index contributed by atoms with van der Waals surface area (Å²) in [7, 11) is 1.20. The molecule has 0 radical (unpaired) electrons. The van der Waals surface area contributed by atoms with E-state index < -0.39 is 23.6 Å². The van der Waals surface area contributed by atoms with Crippen LogP contribution in [-0.4, -0.2) is 31.5 Å². The third kappa shape index (κ3) is 2.86. The summed E-state index contributed by atoms with van der Waals surface area (Å²) >= 11 is 0. The number of nitriles is 1. The number of ether oxygens (including phenoxy) is 1. The van der Waals surface area contributed by atoms with Gasteiger partial charge >= 0.3 is 7.12 Å². The topological polar surface area (TPSA) is 51.5 Å². The molecule has 2 atom stereocenters. The van der Waals surface area contributed by atoms with Crippen molar-refractivity contribution in [3.05, 3.63) is 12.2 Å². The van der Waals surface area contributed by atoms with E-state index in [-0.39, 0.29) is 6.10 Å². The van der Waals surface area contributed by atoms with E-state index in [0.29, 0.717) is 0 Å². The van der Waals surface area contributed by atoms with Crippen LogP contribution in [0.15, 0.2) is 12.2 Å². The quantitative estimate of drug-likeness (QED) is 0.579.